The monoisotopic (exact) mass is 273 g/mol. The van der Waals surface area contributed by atoms with Crippen LogP contribution in [0.25, 0.3) is 11.3 Å². The standard InChI is InChI=1S/C16H23N3O/c1-3-5-13(10-17)16-18-11-15(19-16)12-6-8-14(9-7-12)20-4-2/h6-9,11,13H,3-5,10,17H2,1-2H3,(H,18,19). The Kier molecular flexibility index (Phi) is 5.18. The summed E-state index contributed by atoms with van der Waals surface area (Å²) in [6.45, 7) is 5.46. The fourth-order valence-corrected chi connectivity index (χ4v) is 2.30. The highest BCUT2D eigenvalue weighted by Crippen LogP contribution is 2.24. The maximum Gasteiger partial charge on any atom is 0.119 e. The van der Waals surface area contributed by atoms with Crippen molar-refractivity contribution in [3.63, 3.8) is 0 Å². The predicted octanol–water partition coefficient (Wildman–Crippen LogP) is 3.32. The molecule has 1 heterocycles. The Morgan fingerprint density at radius 1 is 1.25 bits per heavy atom. The Morgan fingerprint density at radius 2 is 2.00 bits per heavy atom. The minimum Gasteiger partial charge on any atom is -0.494 e. The molecule has 0 bridgehead atoms. The van der Waals surface area contributed by atoms with Crippen molar-refractivity contribution in [1.82, 2.24) is 9.97 Å². The minimum atomic E-state index is 0.316. The second kappa shape index (κ2) is 7.10. The average Bonchev–Trinajstić information content (AvgIpc) is 2.95. The van der Waals surface area contributed by atoms with Gasteiger partial charge in [0.1, 0.15) is 11.6 Å². The summed E-state index contributed by atoms with van der Waals surface area (Å²) in [5.74, 6) is 2.19. The zero-order valence-corrected chi connectivity index (χ0v) is 12.2. The van der Waals surface area contributed by atoms with E-state index < -0.39 is 0 Å². The van der Waals surface area contributed by atoms with Crippen molar-refractivity contribution in [1.29, 1.82) is 0 Å². The van der Waals surface area contributed by atoms with Crippen LogP contribution in [0.5, 0.6) is 5.75 Å². The van der Waals surface area contributed by atoms with E-state index in [-0.39, 0.29) is 0 Å². The number of ether oxygens (including phenoxy) is 1. The van der Waals surface area contributed by atoms with Crippen LogP contribution in [-0.4, -0.2) is 23.1 Å². The van der Waals surface area contributed by atoms with Gasteiger partial charge in [-0.05, 0) is 43.2 Å². The summed E-state index contributed by atoms with van der Waals surface area (Å²) in [6.07, 6.45) is 4.05. The zero-order valence-electron chi connectivity index (χ0n) is 12.2. The van der Waals surface area contributed by atoms with E-state index in [1.807, 2.05) is 37.4 Å². The molecule has 0 amide bonds. The van der Waals surface area contributed by atoms with E-state index in [2.05, 4.69) is 16.9 Å². The van der Waals surface area contributed by atoms with Crippen molar-refractivity contribution in [3.8, 4) is 17.0 Å². The quantitative estimate of drug-likeness (QED) is 0.813. The molecule has 0 saturated heterocycles. The predicted molar refractivity (Wildman–Crippen MR) is 81.9 cm³/mol. The highest BCUT2D eigenvalue weighted by atomic mass is 16.5. The summed E-state index contributed by atoms with van der Waals surface area (Å²) < 4.78 is 5.45. The third-order valence-corrected chi connectivity index (χ3v) is 3.38. The van der Waals surface area contributed by atoms with Gasteiger partial charge in [0, 0.05) is 12.5 Å². The molecule has 2 rings (SSSR count). The van der Waals surface area contributed by atoms with Crippen molar-refractivity contribution in [2.45, 2.75) is 32.6 Å². The number of nitrogens with two attached hydrogens (primary N) is 1. The molecular formula is C16H23N3O. The molecule has 0 spiro atoms. The number of aromatic amines is 1. The number of benzene rings is 1. The molecule has 4 heteroatoms. The Bertz CT molecular complexity index is 519. The maximum atomic E-state index is 5.82. The van der Waals surface area contributed by atoms with Gasteiger partial charge in [-0.1, -0.05) is 13.3 Å². The molecule has 108 valence electrons. The molecule has 4 nitrogen and oxygen atoms in total. The summed E-state index contributed by atoms with van der Waals surface area (Å²) in [5.41, 5.74) is 7.95. The number of hydrogen-bond acceptors (Lipinski definition) is 3. The van der Waals surface area contributed by atoms with Crippen LogP contribution in [0.3, 0.4) is 0 Å². The van der Waals surface area contributed by atoms with Crippen molar-refractivity contribution < 1.29 is 4.74 Å². The molecular weight excluding hydrogens is 250 g/mol. The second-order valence-electron chi connectivity index (χ2n) is 4.86. The van der Waals surface area contributed by atoms with E-state index in [1.54, 1.807) is 0 Å². The number of imidazole rings is 1. The summed E-state index contributed by atoms with van der Waals surface area (Å²) in [7, 11) is 0. The molecule has 20 heavy (non-hydrogen) atoms. The SMILES string of the molecule is CCCC(CN)c1ncc(-c2ccc(OCC)cc2)[nH]1. The van der Waals surface area contributed by atoms with Crippen LogP contribution in [-0.2, 0) is 0 Å². The van der Waals surface area contributed by atoms with Crippen molar-refractivity contribution in [2.24, 2.45) is 5.73 Å². The summed E-state index contributed by atoms with van der Waals surface area (Å²) in [5, 5.41) is 0. The van der Waals surface area contributed by atoms with Crippen molar-refractivity contribution in [3.05, 3.63) is 36.3 Å². The first-order valence-electron chi connectivity index (χ1n) is 7.26. The molecule has 0 fully saturated rings. The molecule has 3 N–H and O–H groups in total. The topological polar surface area (TPSA) is 63.9 Å². The molecule has 1 aromatic carbocycles. The summed E-state index contributed by atoms with van der Waals surface area (Å²) in [6, 6.07) is 8.04. The molecule has 0 aliphatic rings. The number of aromatic nitrogens is 2. The normalized spacial score (nSPS) is 12.3. The Labute approximate surface area is 120 Å². The highest BCUT2D eigenvalue weighted by Gasteiger charge is 2.13. The van der Waals surface area contributed by atoms with Crippen LogP contribution in [0.15, 0.2) is 30.5 Å². The smallest absolute Gasteiger partial charge is 0.119 e. The minimum absolute atomic E-state index is 0.316. The van der Waals surface area contributed by atoms with Gasteiger partial charge in [0.05, 0.1) is 18.5 Å². The van der Waals surface area contributed by atoms with Gasteiger partial charge in [0.15, 0.2) is 0 Å². The average molecular weight is 273 g/mol. The molecule has 0 aliphatic heterocycles. The van der Waals surface area contributed by atoms with Crippen LogP contribution >= 0.6 is 0 Å². The third-order valence-electron chi connectivity index (χ3n) is 3.38. The fraction of sp³-hybridized carbons (Fsp3) is 0.438. The zero-order chi connectivity index (χ0) is 14.4. The van der Waals surface area contributed by atoms with E-state index in [9.17, 15) is 0 Å². The Morgan fingerprint density at radius 3 is 2.60 bits per heavy atom. The highest BCUT2D eigenvalue weighted by molar-refractivity contribution is 5.59. The second-order valence-corrected chi connectivity index (χ2v) is 4.86. The third kappa shape index (κ3) is 3.39. The molecule has 1 unspecified atom stereocenters. The van der Waals surface area contributed by atoms with Crippen LogP contribution < -0.4 is 10.5 Å². The molecule has 1 atom stereocenters. The number of nitrogens with one attached hydrogen (secondary N) is 1. The van der Waals surface area contributed by atoms with Gasteiger partial charge in [0.25, 0.3) is 0 Å². The van der Waals surface area contributed by atoms with Gasteiger partial charge in [-0.25, -0.2) is 4.98 Å². The van der Waals surface area contributed by atoms with Gasteiger partial charge >= 0.3 is 0 Å². The first-order valence-corrected chi connectivity index (χ1v) is 7.26. The number of nitrogens with zero attached hydrogens (tertiary/aromatic N) is 1. The molecule has 0 aliphatic carbocycles. The van der Waals surface area contributed by atoms with Crippen molar-refractivity contribution in [2.75, 3.05) is 13.2 Å². The largest absolute Gasteiger partial charge is 0.494 e. The van der Waals surface area contributed by atoms with Gasteiger partial charge in [0.2, 0.25) is 0 Å². The summed E-state index contributed by atoms with van der Waals surface area (Å²) >= 11 is 0. The molecule has 2 aromatic rings. The van der Waals surface area contributed by atoms with Gasteiger partial charge in [-0.2, -0.15) is 0 Å². The molecule has 0 saturated carbocycles. The van der Waals surface area contributed by atoms with E-state index in [0.29, 0.717) is 19.1 Å². The van der Waals surface area contributed by atoms with Gasteiger partial charge in [-0.3, -0.25) is 0 Å². The lowest BCUT2D eigenvalue weighted by molar-refractivity contribution is 0.340. The van der Waals surface area contributed by atoms with Crippen LogP contribution in [0.1, 0.15) is 38.4 Å². The number of H-pyrrole nitrogens is 1. The molecule has 1 aromatic heterocycles. The lowest BCUT2D eigenvalue weighted by atomic mass is 10.0. The Balaban J connectivity index is 2.15. The number of hydrogen-bond donors (Lipinski definition) is 2. The lowest BCUT2D eigenvalue weighted by Crippen LogP contribution is -2.13. The number of rotatable bonds is 7. The van der Waals surface area contributed by atoms with E-state index >= 15 is 0 Å². The summed E-state index contributed by atoms with van der Waals surface area (Å²) in [4.78, 5) is 7.86. The van der Waals surface area contributed by atoms with Crippen LogP contribution in [0, 0.1) is 0 Å². The first-order chi connectivity index (χ1) is 9.78. The van der Waals surface area contributed by atoms with E-state index in [0.717, 1.165) is 35.7 Å². The van der Waals surface area contributed by atoms with Crippen molar-refractivity contribution >= 4 is 0 Å². The fourth-order valence-electron chi connectivity index (χ4n) is 2.30. The maximum absolute atomic E-state index is 5.82. The van der Waals surface area contributed by atoms with Gasteiger partial charge in [-0.15, -0.1) is 0 Å². The first kappa shape index (κ1) is 14.6. The molecule has 0 radical (unpaired) electrons. The van der Waals surface area contributed by atoms with E-state index in [4.69, 9.17) is 10.5 Å². The van der Waals surface area contributed by atoms with E-state index in [1.165, 1.54) is 0 Å². The van der Waals surface area contributed by atoms with Crippen LogP contribution in [0.4, 0.5) is 0 Å². The van der Waals surface area contributed by atoms with Gasteiger partial charge < -0.3 is 15.5 Å². The lowest BCUT2D eigenvalue weighted by Gasteiger charge is -2.10. The van der Waals surface area contributed by atoms with Crippen LogP contribution in [0.2, 0.25) is 0 Å². The Hall–Kier alpha value is -1.81.